The van der Waals surface area contributed by atoms with Gasteiger partial charge >= 0.3 is 5.97 Å². The van der Waals surface area contributed by atoms with Gasteiger partial charge in [-0.1, -0.05) is 24.3 Å². The third-order valence-corrected chi connectivity index (χ3v) is 4.52. The Hall–Kier alpha value is -3.19. The molecule has 2 amide bonds. The lowest BCUT2D eigenvalue weighted by molar-refractivity contribution is -0.119. The number of hydrogen-bond donors (Lipinski definition) is 2. The summed E-state index contributed by atoms with van der Waals surface area (Å²) in [5, 5.41) is 6.22. The predicted molar refractivity (Wildman–Crippen MR) is 101 cm³/mol. The minimum Gasteiger partial charge on any atom is -0.451 e. The third kappa shape index (κ3) is 4.46. The van der Waals surface area contributed by atoms with E-state index in [1.807, 2.05) is 24.3 Å². The maximum atomic E-state index is 12.1. The van der Waals surface area contributed by atoms with Gasteiger partial charge in [-0.05, 0) is 35.7 Å². The van der Waals surface area contributed by atoms with Crippen molar-refractivity contribution in [3.8, 4) is 0 Å². The fourth-order valence-corrected chi connectivity index (χ4v) is 3.32. The Morgan fingerprint density at radius 3 is 2.42 bits per heavy atom. The summed E-state index contributed by atoms with van der Waals surface area (Å²) >= 11 is 1.32. The zero-order chi connectivity index (χ0) is 18.5. The average molecular weight is 368 g/mol. The lowest BCUT2D eigenvalue weighted by Gasteiger charge is -2.08. The highest BCUT2D eigenvalue weighted by Gasteiger charge is 2.13. The second-order valence-corrected chi connectivity index (χ2v) is 6.62. The average Bonchev–Trinajstić information content (AvgIpc) is 3.03. The van der Waals surface area contributed by atoms with Crippen LogP contribution in [-0.2, 0) is 14.3 Å². The van der Waals surface area contributed by atoms with E-state index in [-0.39, 0.29) is 5.91 Å². The molecule has 1 aromatic heterocycles. The number of ether oxygens (including phenoxy) is 1. The Morgan fingerprint density at radius 2 is 1.69 bits per heavy atom. The fraction of sp³-hybridized carbons (Fsp3) is 0.105. The SMILES string of the molecule is CC(=O)Nc1cccc(NC(=O)COC(=O)c2cc3ccccc3s2)c1. The summed E-state index contributed by atoms with van der Waals surface area (Å²) in [7, 11) is 0. The largest absolute Gasteiger partial charge is 0.451 e. The highest BCUT2D eigenvalue weighted by atomic mass is 32.1. The van der Waals surface area contributed by atoms with Crippen LogP contribution in [0, 0.1) is 0 Å². The van der Waals surface area contributed by atoms with Gasteiger partial charge in [0.25, 0.3) is 5.91 Å². The van der Waals surface area contributed by atoms with Gasteiger partial charge in [-0.15, -0.1) is 11.3 Å². The molecule has 2 aromatic carbocycles. The van der Waals surface area contributed by atoms with Crippen LogP contribution in [0.4, 0.5) is 11.4 Å². The maximum absolute atomic E-state index is 12.1. The van der Waals surface area contributed by atoms with Crippen LogP contribution < -0.4 is 10.6 Å². The van der Waals surface area contributed by atoms with E-state index in [1.165, 1.54) is 18.3 Å². The number of rotatable bonds is 5. The topological polar surface area (TPSA) is 84.5 Å². The summed E-state index contributed by atoms with van der Waals surface area (Å²) in [6.45, 7) is 1.01. The fourth-order valence-electron chi connectivity index (χ4n) is 2.36. The van der Waals surface area contributed by atoms with Crippen LogP contribution in [0.2, 0.25) is 0 Å². The highest BCUT2D eigenvalue weighted by Crippen LogP contribution is 2.25. The number of benzene rings is 2. The van der Waals surface area contributed by atoms with Crippen molar-refractivity contribution in [1.82, 2.24) is 0 Å². The van der Waals surface area contributed by atoms with Gasteiger partial charge in [0.1, 0.15) is 4.88 Å². The van der Waals surface area contributed by atoms with Gasteiger partial charge in [0, 0.05) is 23.0 Å². The molecule has 3 rings (SSSR count). The molecule has 0 aliphatic rings. The Kier molecular flexibility index (Phi) is 5.28. The zero-order valence-electron chi connectivity index (χ0n) is 13.9. The van der Waals surface area contributed by atoms with Gasteiger partial charge in [-0.25, -0.2) is 4.79 Å². The summed E-state index contributed by atoms with van der Waals surface area (Å²) < 4.78 is 6.06. The van der Waals surface area contributed by atoms with Crippen LogP contribution in [-0.4, -0.2) is 24.4 Å². The number of thiophene rings is 1. The first-order valence-electron chi connectivity index (χ1n) is 7.84. The second kappa shape index (κ2) is 7.79. The highest BCUT2D eigenvalue weighted by molar-refractivity contribution is 7.20. The number of carbonyl (C=O) groups is 3. The lowest BCUT2D eigenvalue weighted by atomic mass is 10.2. The van der Waals surface area contributed by atoms with Crippen LogP contribution in [0.1, 0.15) is 16.6 Å². The van der Waals surface area contributed by atoms with Crippen LogP contribution in [0.5, 0.6) is 0 Å². The molecule has 6 nitrogen and oxygen atoms in total. The molecule has 0 aliphatic heterocycles. The molecule has 7 heteroatoms. The Balaban J connectivity index is 1.56. The molecule has 0 radical (unpaired) electrons. The molecular weight excluding hydrogens is 352 g/mol. The minimum atomic E-state index is -0.534. The monoisotopic (exact) mass is 368 g/mol. The first-order valence-corrected chi connectivity index (χ1v) is 8.66. The van der Waals surface area contributed by atoms with E-state index in [2.05, 4.69) is 10.6 Å². The first-order chi connectivity index (χ1) is 12.5. The third-order valence-electron chi connectivity index (χ3n) is 3.43. The van der Waals surface area contributed by atoms with Gasteiger partial charge in [0.05, 0.1) is 0 Å². The van der Waals surface area contributed by atoms with Crippen molar-refractivity contribution in [1.29, 1.82) is 0 Å². The number of amides is 2. The molecule has 0 bridgehead atoms. The van der Waals surface area contributed by atoms with Crippen molar-refractivity contribution >= 4 is 50.6 Å². The molecule has 0 atom stereocenters. The van der Waals surface area contributed by atoms with Crippen LogP contribution in [0.3, 0.4) is 0 Å². The van der Waals surface area contributed by atoms with Crippen molar-refractivity contribution in [3.05, 3.63) is 59.5 Å². The quantitative estimate of drug-likeness (QED) is 0.673. The van der Waals surface area contributed by atoms with E-state index in [9.17, 15) is 14.4 Å². The molecule has 1 heterocycles. The van der Waals surface area contributed by atoms with Crippen molar-refractivity contribution in [2.24, 2.45) is 0 Å². The summed E-state index contributed by atoms with van der Waals surface area (Å²) in [5.74, 6) is -1.20. The molecule has 0 fully saturated rings. The molecule has 26 heavy (non-hydrogen) atoms. The van der Waals surface area contributed by atoms with E-state index in [1.54, 1.807) is 30.3 Å². The maximum Gasteiger partial charge on any atom is 0.348 e. The molecule has 0 aliphatic carbocycles. The van der Waals surface area contributed by atoms with Gasteiger partial charge in [-0.3, -0.25) is 9.59 Å². The molecule has 0 unspecified atom stereocenters. The van der Waals surface area contributed by atoms with Crippen LogP contribution in [0.25, 0.3) is 10.1 Å². The predicted octanol–water partition coefficient (Wildman–Crippen LogP) is 3.66. The summed E-state index contributed by atoms with van der Waals surface area (Å²) in [6, 6.07) is 16.1. The molecule has 0 saturated heterocycles. The minimum absolute atomic E-state index is 0.203. The van der Waals surface area contributed by atoms with Crippen molar-refractivity contribution in [3.63, 3.8) is 0 Å². The number of nitrogens with one attached hydrogen (secondary N) is 2. The summed E-state index contributed by atoms with van der Waals surface area (Å²) in [5.41, 5.74) is 1.07. The second-order valence-electron chi connectivity index (χ2n) is 5.53. The van der Waals surface area contributed by atoms with Crippen molar-refractivity contribution in [2.75, 3.05) is 17.2 Å². The molecule has 2 N–H and O–H groups in total. The smallest absolute Gasteiger partial charge is 0.348 e. The number of esters is 1. The van der Waals surface area contributed by atoms with Gasteiger partial charge in [0.15, 0.2) is 6.61 Å². The molecule has 3 aromatic rings. The van der Waals surface area contributed by atoms with Crippen molar-refractivity contribution in [2.45, 2.75) is 6.92 Å². The van der Waals surface area contributed by atoms with E-state index >= 15 is 0 Å². The van der Waals surface area contributed by atoms with Crippen LogP contribution >= 0.6 is 11.3 Å². The Bertz CT molecular complexity index is 947. The molecule has 0 spiro atoms. The van der Waals surface area contributed by atoms with E-state index < -0.39 is 18.5 Å². The summed E-state index contributed by atoms with van der Waals surface area (Å²) in [6.07, 6.45) is 0. The number of anilines is 2. The lowest BCUT2D eigenvalue weighted by Crippen LogP contribution is -2.20. The zero-order valence-corrected chi connectivity index (χ0v) is 14.8. The first kappa shape index (κ1) is 17.6. The van der Waals surface area contributed by atoms with Gasteiger partial charge < -0.3 is 15.4 Å². The Labute approximate surface area is 153 Å². The molecule has 132 valence electrons. The normalized spacial score (nSPS) is 10.3. The van der Waals surface area contributed by atoms with Gasteiger partial charge in [-0.2, -0.15) is 0 Å². The van der Waals surface area contributed by atoms with Crippen molar-refractivity contribution < 1.29 is 19.1 Å². The van der Waals surface area contributed by atoms with E-state index in [0.29, 0.717) is 16.3 Å². The standard InChI is InChI=1S/C19H16N2O4S/c1-12(22)20-14-6-4-7-15(10-14)21-18(23)11-25-19(24)17-9-13-5-2-3-8-16(13)26-17/h2-10H,11H2,1H3,(H,20,22)(H,21,23). The Morgan fingerprint density at radius 1 is 0.962 bits per heavy atom. The van der Waals surface area contributed by atoms with E-state index in [4.69, 9.17) is 4.74 Å². The number of carbonyl (C=O) groups excluding carboxylic acids is 3. The van der Waals surface area contributed by atoms with Gasteiger partial charge in [0.2, 0.25) is 5.91 Å². The number of hydrogen-bond acceptors (Lipinski definition) is 5. The van der Waals surface area contributed by atoms with Crippen LogP contribution in [0.15, 0.2) is 54.6 Å². The summed E-state index contributed by atoms with van der Waals surface area (Å²) in [4.78, 5) is 35.6. The molecule has 0 saturated carbocycles. The number of fused-ring (bicyclic) bond motifs is 1. The molecular formula is C19H16N2O4S. The van der Waals surface area contributed by atoms with E-state index in [0.717, 1.165) is 10.1 Å².